The Morgan fingerprint density at radius 3 is 2.36 bits per heavy atom. The van der Waals surface area contributed by atoms with Crippen LogP contribution >= 0.6 is 0 Å². The summed E-state index contributed by atoms with van der Waals surface area (Å²) in [7, 11) is 3.02. The number of halogens is 5. The summed E-state index contributed by atoms with van der Waals surface area (Å²) in [6.07, 6.45) is -4.16. The van der Waals surface area contributed by atoms with Crippen molar-refractivity contribution in [2.24, 2.45) is 13.0 Å². The molecule has 250 valence electrons. The number of nitrogens with zero attached hydrogens (tertiary/aromatic N) is 4. The molecule has 9 nitrogen and oxygen atoms in total. The highest BCUT2D eigenvalue weighted by molar-refractivity contribution is 5.96. The Balaban J connectivity index is 1.36. The standard InChI is InChI=1S/C33H33F5N4O5/c1-40-18-23(22-7-3-4-8-25(22)40)29-39-24-14-11-20(27(34)28(24)47-29)17-26(43)33(38,41-15-5-6-16-41)42(31(45)32(35,36)37)21-12-9-19(10-13-21)30(44)46-2/h3-4,7-8,11,14,18-19,21H,5-6,9-10,12-13,15-17H2,1-2H3. The lowest BCUT2D eigenvalue weighted by molar-refractivity contribution is -0.224. The summed E-state index contributed by atoms with van der Waals surface area (Å²) in [4.78, 5) is 44.3. The summed E-state index contributed by atoms with van der Waals surface area (Å²) in [5.74, 6) is -9.53. The first-order chi connectivity index (χ1) is 22.3. The van der Waals surface area contributed by atoms with E-state index in [4.69, 9.17) is 9.15 Å². The monoisotopic (exact) mass is 660 g/mol. The molecule has 1 aliphatic carbocycles. The van der Waals surface area contributed by atoms with Crippen LogP contribution in [0.25, 0.3) is 33.5 Å². The smallest absolute Gasteiger partial charge is 0.469 e. The molecule has 2 aromatic carbocycles. The Hall–Kier alpha value is -4.33. The first-order valence-corrected chi connectivity index (χ1v) is 15.4. The number of likely N-dealkylation sites (tertiary alicyclic amines) is 1. The highest BCUT2D eigenvalue weighted by atomic mass is 19.4. The van der Waals surface area contributed by atoms with Crippen molar-refractivity contribution in [3.05, 3.63) is 54.0 Å². The van der Waals surface area contributed by atoms with Crippen LogP contribution in [0.2, 0.25) is 0 Å². The van der Waals surface area contributed by atoms with Gasteiger partial charge in [-0.2, -0.15) is 17.6 Å². The third-order valence-electron chi connectivity index (χ3n) is 9.31. The van der Waals surface area contributed by atoms with Crippen LogP contribution in [0.3, 0.4) is 0 Å². The van der Waals surface area contributed by atoms with Gasteiger partial charge in [-0.25, -0.2) is 14.3 Å². The van der Waals surface area contributed by atoms with Crippen molar-refractivity contribution in [1.82, 2.24) is 19.4 Å². The molecular formula is C33H33F5N4O5. The summed E-state index contributed by atoms with van der Waals surface area (Å²) in [5.41, 5.74) is 0.987. The van der Waals surface area contributed by atoms with E-state index in [0.717, 1.165) is 15.8 Å². The average molecular weight is 661 g/mol. The molecule has 1 aliphatic heterocycles. The third kappa shape index (κ3) is 5.76. The maximum atomic E-state index is 17.5. The number of rotatable bonds is 8. The number of Topliss-reactive ketones (excluding diaryl/α,β-unsaturated/α-hetero) is 1. The second kappa shape index (κ2) is 12.4. The molecule has 0 bridgehead atoms. The van der Waals surface area contributed by atoms with Crippen LogP contribution in [0.15, 0.2) is 47.0 Å². The first-order valence-electron chi connectivity index (χ1n) is 15.4. The molecule has 1 atom stereocenters. The van der Waals surface area contributed by atoms with Crippen LogP contribution in [0.5, 0.6) is 0 Å². The molecule has 4 aromatic rings. The Morgan fingerprint density at radius 2 is 1.70 bits per heavy atom. The fourth-order valence-electron chi connectivity index (χ4n) is 6.94. The van der Waals surface area contributed by atoms with Crippen molar-refractivity contribution < 1.29 is 45.5 Å². The highest BCUT2D eigenvalue weighted by Crippen LogP contribution is 2.40. The number of hydrogen-bond donors (Lipinski definition) is 0. The predicted molar refractivity (Wildman–Crippen MR) is 160 cm³/mol. The van der Waals surface area contributed by atoms with Crippen LogP contribution in [-0.2, 0) is 32.6 Å². The summed E-state index contributed by atoms with van der Waals surface area (Å²) in [6.45, 7) is -0.168. The van der Waals surface area contributed by atoms with E-state index in [9.17, 15) is 27.6 Å². The molecule has 47 heavy (non-hydrogen) atoms. The summed E-state index contributed by atoms with van der Waals surface area (Å²) < 4.78 is 88.0. The molecule has 0 radical (unpaired) electrons. The number of methoxy groups -OCH3 is 1. The quantitative estimate of drug-likeness (QED) is 0.128. The van der Waals surface area contributed by atoms with Gasteiger partial charge in [-0.3, -0.25) is 19.3 Å². The van der Waals surface area contributed by atoms with Gasteiger partial charge in [0.15, 0.2) is 11.4 Å². The zero-order chi connectivity index (χ0) is 33.7. The summed E-state index contributed by atoms with van der Waals surface area (Å²) >= 11 is 0. The van der Waals surface area contributed by atoms with Crippen LogP contribution < -0.4 is 0 Å². The number of aromatic nitrogens is 2. The van der Waals surface area contributed by atoms with Crippen molar-refractivity contribution >= 4 is 39.7 Å². The molecule has 2 aliphatic rings. The van der Waals surface area contributed by atoms with Crippen molar-refractivity contribution in [2.45, 2.75) is 63.1 Å². The molecule has 2 aromatic heterocycles. The Bertz CT molecular complexity index is 1840. The van der Waals surface area contributed by atoms with Crippen molar-refractivity contribution in [2.75, 3.05) is 20.2 Å². The molecule has 1 amide bonds. The maximum absolute atomic E-state index is 17.5. The molecule has 0 N–H and O–H groups in total. The molecule has 1 saturated heterocycles. The number of fused-ring (bicyclic) bond motifs is 2. The van der Waals surface area contributed by atoms with Gasteiger partial charge in [-0.1, -0.05) is 24.3 Å². The molecular weight excluding hydrogens is 627 g/mol. The zero-order valence-corrected chi connectivity index (χ0v) is 25.8. The number of para-hydroxylation sites is 1. The van der Waals surface area contributed by atoms with E-state index in [-0.39, 0.29) is 66.2 Å². The minimum atomic E-state index is -5.50. The van der Waals surface area contributed by atoms with Crippen LogP contribution in [-0.4, -0.2) is 75.3 Å². The lowest BCUT2D eigenvalue weighted by Gasteiger charge is -2.47. The molecule has 14 heteroatoms. The number of ether oxygens (including phenoxy) is 1. The fraction of sp³-hybridized carbons (Fsp3) is 0.455. The lowest BCUT2D eigenvalue weighted by Crippen LogP contribution is -2.68. The normalized spacial score (nSPS) is 20.4. The summed E-state index contributed by atoms with van der Waals surface area (Å²) in [6, 6.07) is 8.71. The SMILES string of the molecule is COC(=O)C1CCC(N(C(=O)C(F)(F)F)C(F)(C(=O)Cc2ccc3nc(-c4cn(C)c5ccccc45)oc3c2F)N2CCCC2)CC1. The molecule has 0 spiro atoms. The first kappa shape index (κ1) is 32.6. The number of carbonyl (C=O) groups excluding carboxylic acids is 3. The zero-order valence-electron chi connectivity index (χ0n) is 25.8. The van der Waals surface area contributed by atoms with E-state index in [2.05, 4.69) is 4.98 Å². The maximum Gasteiger partial charge on any atom is 0.471 e. The molecule has 6 rings (SSSR count). The third-order valence-corrected chi connectivity index (χ3v) is 9.31. The number of benzene rings is 2. The van der Waals surface area contributed by atoms with E-state index >= 15 is 8.78 Å². The van der Waals surface area contributed by atoms with E-state index < -0.39 is 54.0 Å². The van der Waals surface area contributed by atoms with Crippen LogP contribution in [0, 0.1) is 11.7 Å². The number of ketones is 1. The Morgan fingerprint density at radius 1 is 1.02 bits per heavy atom. The minimum absolute atomic E-state index is 0.00233. The second-order valence-corrected chi connectivity index (χ2v) is 12.2. The predicted octanol–water partition coefficient (Wildman–Crippen LogP) is 6.08. The Labute approximate surface area is 266 Å². The number of esters is 1. The minimum Gasteiger partial charge on any atom is -0.469 e. The number of alkyl halides is 4. The molecule has 3 heterocycles. The number of oxazole rings is 1. The van der Waals surface area contributed by atoms with Crippen LogP contribution in [0.4, 0.5) is 22.0 Å². The van der Waals surface area contributed by atoms with Gasteiger partial charge < -0.3 is 13.7 Å². The van der Waals surface area contributed by atoms with Gasteiger partial charge in [0.2, 0.25) is 11.7 Å². The van der Waals surface area contributed by atoms with Gasteiger partial charge in [0.05, 0.1) is 18.6 Å². The van der Waals surface area contributed by atoms with Gasteiger partial charge in [0.1, 0.15) is 5.52 Å². The van der Waals surface area contributed by atoms with Gasteiger partial charge in [-0.15, -0.1) is 0 Å². The molecule has 1 unspecified atom stereocenters. The fourth-order valence-corrected chi connectivity index (χ4v) is 6.94. The van der Waals surface area contributed by atoms with Gasteiger partial charge in [-0.05, 0) is 56.2 Å². The molecule has 2 fully saturated rings. The highest BCUT2D eigenvalue weighted by Gasteiger charge is 2.60. The van der Waals surface area contributed by atoms with E-state index in [1.165, 1.54) is 19.2 Å². The van der Waals surface area contributed by atoms with E-state index in [1.54, 1.807) is 6.20 Å². The van der Waals surface area contributed by atoms with Crippen molar-refractivity contribution in [1.29, 1.82) is 0 Å². The number of carbonyl (C=O) groups is 3. The van der Waals surface area contributed by atoms with Gasteiger partial charge in [0, 0.05) is 49.7 Å². The van der Waals surface area contributed by atoms with Gasteiger partial charge in [0.25, 0.3) is 0 Å². The van der Waals surface area contributed by atoms with Gasteiger partial charge >= 0.3 is 24.0 Å². The van der Waals surface area contributed by atoms with Crippen molar-refractivity contribution in [3.8, 4) is 11.5 Å². The molecule has 1 saturated carbocycles. The van der Waals surface area contributed by atoms with E-state index in [0.29, 0.717) is 18.4 Å². The largest absolute Gasteiger partial charge is 0.471 e. The average Bonchev–Trinajstić information content (AvgIpc) is 3.82. The summed E-state index contributed by atoms with van der Waals surface area (Å²) in [5, 5.41) is 0.806. The number of amides is 1. The van der Waals surface area contributed by atoms with E-state index in [1.807, 2.05) is 35.9 Å². The Kier molecular flexibility index (Phi) is 8.58. The second-order valence-electron chi connectivity index (χ2n) is 12.2. The van der Waals surface area contributed by atoms with Crippen LogP contribution in [0.1, 0.15) is 44.1 Å². The number of aryl methyl sites for hydroxylation is 1. The number of hydrogen-bond acceptors (Lipinski definition) is 7. The topological polar surface area (TPSA) is 97.9 Å². The lowest BCUT2D eigenvalue weighted by atomic mass is 9.84. The van der Waals surface area contributed by atoms with Crippen molar-refractivity contribution in [3.63, 3.8) is 0 Å².